The van der Waals surface area contributed by atoms with E-state index in [0.717, 1.165) is 24.2 Å². The molecule has 2 heterocycles. The zero-order chi connectivity index (χ0) is 16.5. The average molecular weight is 316 g/mol. The number of carbonyl (C=O) groups is 1. The second-order valence-electron chi connectivity index (χ2n) is 6.26. The molecule has 0 bridgehead atoms. The Morgan fingerprint density at radius 3 is 2.62 bits per heavy atom. The molecule has 0 radical (unpaired) electrons. The summed E-state index contributed by atoms with van der Waals surface area (Å²) < 4.78 is 2.02. The summed E-state index contributed by atoms with van der Waals surface area (Å²) in [5.74, 6) is 0.103. The Kier molecular flexibility index (Phi) is 3.69. The highest BCUT2D eigenvalue weighted by Gasteiger charge is 2.28. The van der Waals surface area contributed by atoms with Crippen molar-refractivity contribution in [2.45, 2.75) is 19.4 Å². The van der Waals surface area contributed by atoms with Gasteiger partial charge in [0, 0.05) is 30.2 Å². The van der Waals surface area contributed by atoms with E-state index in [4.69, 9.17) is 0 Å². The second kappa shape index (κ2) is 6.00. The third-order valence-electron chi connectivity index (χ3n) is 4.85. The molecule has 2 aromatic carbocycles. The van der Waals surface area contributed by atoms with Crippen LogP contribution in [0, 0.1) is 0 Å². The van der Waals surface area contributed by atoms with Crippen molar-refractivity contribution in [1.29, 1.82) is 0 Å². The maximum absolute atomic E-state index is 13.1. The van der Waals surface area contributed by atoms with E-state index in [2.05, 4.69) is 31.2 Å². The standard InChI is InChI=1S/C21H20N2O/c1-16-20-10-3-2-7-17(20)11-14-23(16)21(24)18-8-6-9-19(15-18)22-12-4-5-13-22/h2-10,12-13,15-16H,11,14H2,1H3. The molecule has 0 aliphatic carbocycles. The molecule has 120 valence electrons. The van der Waals surface area contributed by atoms with E-state index in [-0.39, 0.29) is 11.9 Å². The van der Waals surface area contributed by atoms with Crippen LogP contribution in [0.15, 0.2) is 73.1 Å². The lowest BCUT2D eigenvalue weighted by molar-refractivity contribution is 0.0677. The number of nitrogens with zero attached hydrogens (tertiary/aromatic N) is 2. The Balaban J connectivity index is 1.64. The van der Waals surface area contributed by atoms with Gasteiger partial charge < -0.3 is 9.47 Å². The van der Waals surface area contributed by atoms with E-state index in [9.17, 15) is 4.79 Å². The third-order valence-corrected chi connectivity index (χ3v) is 4.85. The molecule has 3 nitrogen and oxygen atoms in total. The van der Waals surface area contributed by atoms with Gasteiger partial charge in [-0.3, -0.25) is 4.79 Å². The van der Waals surface area contributed by atoms with Crippen LogP contribution in [0.4, 0.5) is 0 Å². The molecule has 24 heavy (non-hydrogen) atoms. The van der Waals surface area contributed by atoms with Crippen molar-refractivity contribution in [2.24, 2.45) is 0 Å². The van der Waals surface area contributed by atoms with Gasteiger partial charge in [0.1, 0.15) is 0 Å². The van der Waals surface area contributed by atoms with Gasteiger partial charge in [0.05, 0.1) is 6.04 Å². The van der Waals surface area contributed by atoms with Gasteiger partial charge in [-0.15, -0.1) is 0 Å². The molecule has 0 N–H and O–H groups in total. The first-order valence-electron chi connectivity index (χ1n) is 8.36. The Labute approximate surface area is 142 Å². The molecule has 0 fully saturated rings. The fraction of sp³-hybridized carbons (Fsp3) is 0.190. The van der Waals surface area contributed by atoms with Crippen molar-refractivity contribution in [3.05, 3.63) is 89.7 Å². The number of amides is 1. The highest BCUT2D eigenvalue weighted by atomic mass is 16.2. The summed E-state index contributed by atoms with van der Waals surface area (Å²) >= 11 is 0. The van der Waals surface area contributed by atoms with E-state index in [1.54, 1.807) is 0 Å². The van der Waals surface area contributed by atoms with E-state index in [1.165, 1.54) is 11.1 Å². The van der Waals surface area contributed by atoms with Gasteiger partial charge in [0.15, 0.2) is 0 Å². The van der Waals surface area contributed by atoms with Crippen LogP contribution in [0.25, 0.3) is 5.69 Å². The highest BCUT2D eigenvalue weighted by Crippen LogP contribution is 2.30. The van der Waals surface area contributed by atoms with Crippen LogP contribution in [0.2, 0.25) is 0 Å². The summed E-state index contributed by atoms with van der Waals surface area (Å²) in [6.07, 6.45) is 4.90. The van der Waals surface area contributed by atoms with Crippen LogP contribution in [-0.2, 0) is 6.42 Å². The molecule has 1 amide bonds. The summed E-state index contributed by atoms with van der Waals surface area (Å²) in [5, 5.41) is 0. The molecular formula is C21H20N2O. The topological polar surface area (TPSA) is 25.2 Å². The third kappa shape index (κ3) is 2.52. The Morgan fingerprint density at radius 1 is 1.00 bits per heavy atom. The number of hydrogen-bond acceptors (Lipinski definition) is 1. The Morgan fingerprint density at radius 2 is 1.79 bits per heavy atom. The minimum atomic E-state index is 0.103. The number of aromatic nitrogens is 1. The van der Waals surface area contributed by atoms with E-state index >= 15 is 0 Å². The maximum Gasteiger partial charge on any atom is 0.254 e. The number of fused-ring (bicyclic) bond motifs is 1. The molecule has 0 saturated carbocycles. The monoisotopic (exact) mass is 316 g/mol. The predicted molar refractivity (Wildman–Crippen MR) is 95.4 cm³/mol. The van der Waals surface area contributed by atoms with Gasteiger partial charge in [0.2, 0.25) is 0 Å². The van der Waals surface area contributed by atoms with E-state index in [1.807, 2.05) is 58.3 Å². The minimum Gasteiger partial charge on any atom is -0.332 e. The van der Waals surface area contributed by atoms with Crippen molar-refractivity contribution in [1.82, 2.24) is 9.47 Å². The highest BCUT2D eigenvalue weighted by molar-refractivity contribution is 5.95. The van der Waals surface area contributed by atoms with Crippen LogP contribution >= 0.6 is 0 Å². The molecule has 1 aliphatic heterocycles. The second-order valence-corrected chi connectivity index (χ2v) is 6.26. The lowest BCUT2D eigenvalue weighted by Crippen LogP contribution is -2.38. The van der Waals surface area contributed by atoms with Crippen molar-refractivity contribution in [3.63, 3.8) is 0 Å². The fourth-order valence-corrected chi connectivity index (χ4v) is 3.52. The number of carbonyl (C=O) groups excluding carboxylic acids is 1. The molecule has 0 spiro atoms. The molecule has 3 aromatic rings. The maximum atomic E-state index is 13.1. The van der Waals surface area contributed by atoms with E-state index < -0.39 is 0 Å². The first-order valence-corrected chi connectivity index (χ1v) is 8.36. The number of benzene rings is 2. The largest absolute Gasteiger partial charge is 0.332 e. The summed E-state index contributed by atoms with van der Waals surface area (Å²) in [6, 6.07) is 20.3. The average Bonchev–Trinajstić information content (AvgIpc) is 3.17. The summed E-state index contributed by atoms with van der Waals surface area (Å²) in [7, 11) is 0. The first-order chi connectivity index (χ1) is 11.7. The molecule has 0 saturated heterocycles. The van der Waals surface area contributed by atoms with Crippen LogP contribution in [0.3, 0.4) is 0 Å². The van der Waals surface area contributed by atoms with Crippen LogP contribution < -0.4 is 0 Å². The van der Waals surface area contributed by atoms with Crippen molar-refractivity contribution in [3.8, 4) is 5.69 Å². The molecule has 1 atom stereocenters. The molecule has 4 rings (SSSR count). The molecule has 1 aliphatic rings. The van der Waals surface area contributed by atoms with Gasteiger partial charge in [0.25, 0.3) is 5.91 Å². The Bertz CT molecular complexity index is 867. The smallest absolute Gasteiger partial charge is 0.254 e. The summed E-state index contributed by atoms with van der Waals surface area (Å²) in [5.41, 5.74) is 4.37. The summed E-state index contributed by atoms with van der Waals surface area (Å²) in [6.45, 7) is 2.89. The molecule has 3 heteroatoms. The summed E-state index contributed by atoms with van der Waals surface area (Å²) in [4.78, 5) is 15.0. The van der Waals surface area contributed by atoms with Crippen LogP contribution in [-0.4, -0.2) is 21.9 Å². The zero-order valence-corrected chi connectivity index (χ0v) is 13.7. The van der Waals surface area contributed by atoms with Gasteiger partial charge in [-0.05, 0) is 54.8 Å². The van der Waals surface area contributed by atoms with Gasteiger partial charge in [-0.25, -0.2) is 0 Å². The van der Waals surface area contributed by atoms with Gasteiger partial charge in [-0.2, -0.15) is 0 Å². The van der Waals surface area contributed by atoms with Crippen molar-refractivity contribution in [2.75, 3.05) is 6.54 Å². The van der Waals surface area contributed by atoms with Crippen LogP contribution in [0.5, 0.6) is 0 Å². The molecule has 1 aromatic heterocycles. The van der Waals surface area contributed by atoms with Gasteiger partial charge in [-0.1, -0.05) is 30.3 Å². The van der Waals surface area contributed by atoms with Crippen molar-refractivity contribution < 1.29 is 4.79 Å². The first kappa shape index (κ1) is 14.8. The zero-order valence-electron chi connectivity index (χ0n) is 13.7. The quantitative estimate of drug-likeness (QED) is 0.694. The number of rotatable bonds is 2. The van der Waals surface area contributed by atoms with Gasteiger partial charge >= 0.3 is 0 Å². The predicted octanol–water partition coefficient (Wildman–Crippen LogP) is 4.24. The normalized spacial score (nSPS) is 16.7. The lowest BCUT2D eigenvalue weighted by Gasteiger charge is -2.35. The minimum absolute atomic E-state index is 0.103. The fourth-order valence-electron chi connectivity index (χ4n) is 3.52. The van der Waals surface area contributed by atoms with Crippen molar-refractivity contribution >= 4 is 5.91 Å². The number of hydrogen-bond donors (Lipinski definition) is 0. The van der Waals surface area contributed by atoms with Crippen LogP contribution in [0.1, 0.15) is 34.5 Å². The SMILES string of the molecule is CC1c2ccccc2CCN1C(=O)c1cccc(-n2cccc2)c1. The molecular weight excluding hydrogens is 296 g/mol. The lowest BCUT2D eigenvalue weighted by atomic mass is 9.93. The van der Waals surface area contributed by atoms with E-state index in [0.29, 0.717) is 0 Å². The Hall–Kier alpha value is -2.81. The molecule has 1 unspecified atom stereocenters.